The van der Waals surface area contributed by atoms with Crippen LogP contribution in [0.15, 0.2) is 24.3 Å². The maximum atomic E-state index is 11.8. The first kappa shape index (κ1) is 12.1. The third-order valence-corrected chi connectivity index (χ3v) is 3.57. The minimum Gasteiger partial charge on any atom is -0.338 e. The van der Waals surface area contributed by atoms with E-state index in [1.54, 1.807) is 0 Å². The molecule has 1 fully saturated rings. The third-order valence-electron chi connectivity index (χ3n) is 3.57. The fourth-order valence-electron chi connectivity index (χ4n) is 2.40. The van der Waals surface area contributed by atoms with Crippen molar-refractivity contribution in [1.82, 2.24) is 4.90 Å². The first-order valence-corrected chi connectivity index (χ1v) is 6.29. The quantitative estimate of drug-likeness (QED) is 0.862. The van der Waals surface area contributed by atoms with Crippen molar-refractivity contribution >= 4 is 5.91 Å². The number of hydrogen-bond donors (Lipinski definition) is 1. The van der Waals surface area contributed by atoms with Crippen LogP contribution in [0.4, 0.5) is 0 Å². The highest BCUT2D eigenvalue weighted by Crippen LogP contribution is 2.23. The number of rotatable bonds is 4. The lowest BCUT2D eigenvalue weighted by atomic mass is 10.1. The van der Waals surface area contributed by atoms with E-state index < -0.39 is 0 Å². The van der Waals surface area contributed by atoms with E-state index in [0.717, 1.165) is 18.5 Å². The van der Waals surface area contributed by atoms with Crippen LogP contribution in [0.2, 0.25) is 0 Å². The second kappa shape index (κ2) is 5.32. The average molecular weight is 232 g/mol. The Bertz CT molecular complexity index is 403. The van der Waals surface area contributed by atoms with Gasteiger partial charge >= 0.3 is 0 Å². The van der Waals surface area contributed by atoms with E-state index in [4.69, 9.17) is 5.73 Å². The topological polar surface area (TPSA) is 46.3 Å². The molecule has 0 spiro atoms. The Kier molecular flexibility index (Phi) is 3.79. The summed E-state index contributed by atoms with van der Waals surface area (Å²) in [6.45, 7) is 4.29. The van der Waals surface area contributed by atoms with E-state index in [1.165, 1.54) is 5.56 Å². The standard InChI is InChI=1S/C14H20N2O/c1-2-11-7-14(17)16(9-11)10-13-6-4-3-5-12(13)8-15/h3-6,11H,2,7-10,15H2,1H3. The molecule has 2 rings (SSSR count). The Morgan fingerprint density at radius 1 is 1.35 bits per heavy atom. The summed E-state index contributed by atoms with van der Waals surface area (Å²) in [4.78, 5) is 13.8. The fourth-order valence-corrected chi connectivity index (χ4v) is 2.40. The molecule has 0 aromatic heterocycles. The summed E-state index contributed by atoms with van der Waals surface area (Å²) in [5.41, 5.74) is 8.03. The monoisotopic (exact) mass is 232 g/mol. The van der Waals surface area contributed by atoms with Crippen LogP contribution in [-0.4, -0.2) is 17.4 Å². The number of hydrogen-bond acceptors (Lipinski definition) is 2. The molecule has 1 aliphatic rings. The first-order chi connectivity index (χ1) is 8.24. The molecule has 1 unspecified atom stereocenters. The van der Waals surface area contributed by atoms with Crippen molar-refractivity contribution in [2.24, 2.45) is 11.7 Å². The van der Waals surface area contributed by atoms with Crippen LogP contribution < -0.4 is 5.73 Å². The van der Waals surface area contributed by atoms with Crippen LogP contribution >= 0.6 is 0 Å². The molecule has 1 amide bonds. The zero-order valence-electron chi connectivity index (χ0n) is 10.4. The second-order valence-electron chi connectivity index (χ2n) is 4.73. The lowest BCUT2D eigenvalue weighted by molar-refractivity contribution is -0.128. The smallest absolute Gasteiger partial charge is 0.223 e. The molecule has 1 aliphatic heterocycles. The van der Waals surface area contributed by atoms with Crippen molar-refractivity contribution in [2.45, 2.75) is 32.9 Å². The van der Waals surface area contributed by atoms with E-state index in [0.29, 0.717) is 25.4 Å². The van der Waals surface area contributed by atoms with Gasteiger partial charge in [0.05, 0.1) is 0 Å². The molecule has 0 bridgehead atoms. The average Bonchev–Trinajstić information content (AvgIpc) is 2.71. The van der Waals surface area contributed by atoms with Gasteiger partial charge in [-0.15, -0.1) is 0 Å². The number of amides is 1. The van der Waals surface area contributed by atoms with Crippen LogP contribution in [0.25, 0.3) is 0 Å². The highest BCUT2D eigenvalue weighted by molar-refractivity contribution is 5.78. The predicted octanol–water partition coefficient (Wildman–Crippen LogP) is 1.90. The summed E-state index contributed by atoms with van der Waals surface area (Å²) in [5.74, 6) is 0.816. The molecule has 1 heterocycles. The molecule has 0 radical (unpaired) electrons. The lowest BCUT2D eigenvalue weighted by Crippen LogP contribution is -2.25. The zero-order valence-corrected chi connectivity index (χ0v) is 10.4. The number of nitrogens with two attached hydrogens (primary N) is 1. The van der Waals surface area contributed by atoms with Crippen molar-refractivity contribution in [1.29, 1.82) is 0 Å². The Balaban J connectivity index is 2.08. The van der Waals surface area contributed by atoms with Crippen LogP contribution in [0.3, 0.4) is 0 Å². The molecular weight excluding hydrogens is 212 g/mol. The highest BCUT2D eigenvalue weighted by Gasteiger charge is 2.28. The summed E-state index contributed by atoms with van der Waals surface area (Å²) in [6, 6.07) is 8.10. The summed E-state index contributed by atoms with van der Waals surface area (Å²) in [7, 11) is 0. The van der Waals surface area contributed by atoms with Gasteiger partial charge in [0.2, 0.25) is 5.91 Å². The maximum Gasteiger partial charge on any atom is 0.223 e. The lowest BCUT2D eigenvalue weighted by Gasteiger charge is -2.18. The Hall–Kier alpha value is -1.35. The van der Waals surface area contributed by atoms with Gasteiger partial charge in [-0.2, -0.15) is 0 Å². The maximum absolute atomic E-state index is 11.8. The van der Waals surface area contributed by atoms with Crippen LogP contribution in [-0.2, 0) is 17.9 Å². The Morgan fingerprint density at radius 2 is 2.06 bits per heavy atom. The molecule has 92 valence electrons. The Morgan fingerprint density at radius 3 is 2.65 bits per heavy atom. The molecule has 1 saturated heterocycles. The predicted molar refractivity (Wildman–Crippen MR) is 68.1 cm³/mol. The molecule has 1 aromatic rings. The number of carbonyl (C=O) groups is 1. The van der Waals surface area contributed by atoms with Crippen molar-refractivity contribution in [3.05, 3.63) is 35.4 Å². The molecule has 3 nitrogen and oxygen atoms in total. The summed E-state index contributed by atoms with van der Waals surface area (Å²) in [6.07, 6.45) is 1.79. The Labute approximate surface area is 103 Å². The number of likely N-dealkylation sites (tertiary alicyclic amines) is 1. The van der Waals surface area contributed by atoms with E-state index in [2.05, 4.69) is 13.0 Å². The van der Waals surface area contributed by atoms with E-state index in [-0.39, 0.29) is 5.91 Å². The van der Waals surface area contributed by atoms with Crippen LogP contribution in [0, 0.1) is 5.92 Å². The minimum atomic E-state index is 0.281. The van der Waals surface area contributed by atoms with Gasteiger partial charge in [0.25, 0.3) is 0 Å². The summed E-state index contributed by atoms with van der Waals surface area (Å²) < 4.78 is 0. The van der Waals surface area contributed by atoms with E-state index in [9.17, 15) is 4.79 Å². The molecule has 3 heteroatoms. The zero-order chi connectivity index (χ0) is 12.3. The van der Waals surface area contributed by atoms with Crippen LogP contribution in [0.5, 0.6) is 0 Å². The SMILES string of the molecule is CCC1CC(=O)N(Cc2ccccc2CN)C1. The fraction of sp³-hybridized carbons (Fsp3) is 0.500. The molecule has 1 aromatic carbocycles. The van der Waals surface area contributed by atoms with Crippen molar-refractivity contribution < 1.29 is 4.79 Å². The van der Waals surface area contributed by atoms with Gasteiger partial charge in [0.15, 0.2) is 0 Å². The molecule has 1 atom stereocenters. The largest absolute Gasteiger partial charge is 0.338 e. The molecule has 2 N–H and O–H groups in total. The van der Waals surface area contributed by atoms with Crippen molar-refractivity contribution in [3.8, 4) is 0 Å². The van der Waals surface area contributed by atoms with Gasteiger partial charge in [-0.3, -0.25) is 4.79 Å². The normalized spacial score (nSPS) is 20.0. The van der Waals surface area contributed by atoms with E-state index in [1.807, 2.05) is 23.1 Å². The molecule has 0 aliphatic carbocycles. The molecular formula is C14H20N2O. The summed E-state index contributed by atoms with van der Waals surface area (Å²) in [5, 5.41) is 0. The van der Waals surface area contributed by atoms with Gasteiger partial charge in [0.1, 0.15) is 0 Å². The van der Waals surface area contributed by atoms with E-state index >= 15 is 0 Å². The van der Waals surface area contributed by atoms with Crippen molar-refractivity contribution in [2.75, 3.05) is 6.54 Å². The second-order valence-corrected chi connectivity index (χ2v) is 4.73. The first-order valence-electron chi connectivity index (χ1n) is 6.29. The van der Waals surface area contributed by atoms with Gasteiger partial charge in [-0.25, -0.2) is 0 Å². The number of nitrogens with zero attached hydrogens (tertiary/aromatic N) is 1. The van der Waals surface area contributed by atoms with Crippen LogP contribution in [0.1, 0.15) is 30.9 Å². The molecule has 0 saturated carbocycles. The van der Waals surface area contributed by atoms with Gasteiger partial charge in [-0.05, 0) is 17.0 Å². The van der Waals surface area contributed by atoms with Crippen molar-refractivity contribution in [3.63, 3.8) is 0 Å². The summed E-state index contributed by atoms with van der Waals surface area (Å²) >= 11 is 0. The van der Waals surface area contributed by atoms with Gasteiger partial charge < -0.3 is 10.6 Å². The molecule has 17 heavy (non-hydrogen) atoms. The van der Waals surface area contributed by atoms with Gasteiger partial charge in [-0.1, -0.05) is 37.6 Å². The number of carbonyl (C=O) groups excluding carboxylic acids is 1. The minimum absolute atomic E-state index is 0.281. The van der Waals surface area contributed by atoms with Gasteiger partial charge in [0, 0.05) is 26.1 Å². The number of benzene rings is 1. The highest BCUT2D eigenvalue weighted by atomic mass is 16.2. The third kappa shape index (κ3) is 2.67.